The van der Waals surface area contributed by atoms with E-state index in [-0.39, 0.29) is 31.6 Å². The van der Waals surface area contributed by atoms with Crippen molar-refractivity contribution in [2.45, 2.75) is 6.18 Å². The molecule has 1 radical (unpaired) electrons. The average molecular weight is 840 g/mol. The molecule has 6 rings (SSSR count). The third-order valence-electron chi connectivity index (χ3n) is 6.12. The van der Waals surface area contributed by atoms with Gasteiger partial charge in [-0.1, -0.05) is 18.2 Å². The largest absolute Gasteiger partial charge is 0.560 e. The summed E-state index contributed by atoms with van der Waals surface area (Å²) in [6, 6.07) is 18.2. The summed E-state index contributed by atoms with van der Waals surface area (Å²) in [4.78, 5) is 7.05. The van der Waals surface area contributed by atoms with Gasteiger partial charge in [-0.2, -0.15) is 25.3 Å². The number of benzene rings is 2. The van der Waals surface area contributed by atoms with E-state index in [1.165, 1.54) is 12.3 Å². The number of aryl methyl sites for hydroxylation is 2. The van der Waals surface area contributed by atoms with Crippen LogP contribution < -0.4 is 33.2 Å². The normalized spacial score (nSPS) is 10.4. The molecule has 48 heavy (non-hydrogen) atoms. The second kappa shape index (κ2) is 17.1. The molecule has 6 aromatic rings. The van der Waals surface area contributed by atoms with Gasteiger partial charge in [-0.25, -0.2) is 0 Å². The molecule has 0 aliphatic rings. The van der Waals surface area contributed by atoms with Gasteiger partial charge in [0.25, 0.3) is 0 Å². The maximum Gasteiger partial charge on any atom is 0.429 e. The van der Waals surface area contributed by atoms with Gasteiger partial charge in [0, 0.05) is 74.1 Å². The average Bonchev–Trinajstić information content (AvgIpc) is 3.86. The zero-order chi connectivity index (χ0) is 34.0. The van der Waals surface area contributed by atoms with Crippen LogP contribution in [0.2, 0.25) is 0 Å². The Balaban J connectivity index is 0.000000193. The van der Waals surface area contributed by atoms with Crippen molar-refractivity contribution in [3.05, 3.63) is 104 Å². The van der Waals surface area contributed by atoms with Gasteiger partial charge in [-0.15, -0.1) is 12.1 Å². The van der Waals surface area contributed by atoms with Crippen LogP contribution in [0.4, 0.5) is 13.2 Å². The molecular formula is C32H30F3IrN8O4-3. The first-order valence-electron chi connectivity index (χ1n) is 13.6. The third kappa shape index (κ3) is 9.65. The van der Waals surface area contributed by atoms with Crippen LogP contribution in [0.15, 0.2) is 73.4 Å². The maximum atomic E-state index is 12.1. The van der Waals surface area contributed by atoms with Gasteiger partial charge in [0.05, 0.1) is 48.2 Å². The van der Waals surface area contributed by atoms with E-state index in [1.54, 1.807) is 52.7 Å². The van der Waals surface area contributed by atoms with Gasteiger partial charge in [0.2, 0.25) is 12.7 Å². The van der Waals surface area contributed by atoms with Crippen LogP contribution in [0.1, 0.15) is 5.82 Å². The molecule has 0 unspecified atom stereocenters. The summed E-state index contributed by atoms with van der Waals surface area (Å²) >= 11 is 0. The van der Waals surface area contributed by atoms with E-state index in [1.807, 2.05) is 69.3 Å². The summed E-state index contributed by atoms with van der Waals surface area (Å²) in [5.41, 5.74) is 1.88. The Morgan fingerprint density at radius 2 is 1.31 bits per heavy atom. The minimum absolute atomic E-state index is 0. The molecule has 0 fully saturated rings. The molecule has 2 aromatic carbocycles. The summed E-state index contributed by atoms with van der Waals surface area (Å²) in [6.07, 6.45) is 10.6. The van der Waals surface area contributed by atoms with Gasteiger partial charge < -0.3 is 47.3 Å². The number of imidazole rings is 2. The fraction of sp³-hybridized carbons (Fsp3) is 0.219. The zero-order valence-electron chi connectivity index (χ0n) is 26.6. The van der Waals surface area contributed by atoms with Crippen molar-refractivity contribution in [1.82, 2.24) is 29.3 Å². The molecule has 0 bridgehead atoms. The zero-order valence-corrected chi connectivity index (χ0v) is 29.0. The maximum absolute atomic E-state index is 12.1. The molecule has 0 saturated carbocycles. The van der Waals surface area contributed by atoms with Gasteiger partial charge >= 0.3 is 6.18 Å². The van der Waals surface area contributed by atoms with E-state index < -0.39 is 12.0 Å². The summed E-state index contributed by atoms with van der Waals surface area (Å²) in [5.74, 6) is 1.47. The number of rotatable bonds is 7. The number of halogens is 3. The summed E-state index contributed by atoms with van der Waals surface area (Å²) in [6.45, 7) is 0. The van der Waals surface area contributed by atoms with E-state index in [9.17, 15) is 13.2 Å². The Morgan fingerprint density at radius 1 is 0.792 bits per heavy atom. The van der Waals surface area contributed by atoms with Gasteiger partial charge in [-0.3, -0.25) is 10.1 Å². The molecule has 0 atom stereocenters. The van der Waals surface area contributed by atoms with Gasteiger partial charge in [0.1, 0.15) is 5.82 Å². The van der Waals surface area contributed by atoms with Crippen LogP contribution in [0.5, 0.6) is 23.0 Å². The second-order valence-electron chi connectivity index (χ2n) is 9.34. The number of ether oxygens (including phenoxy) is 4. The van der Waals surface area contributed by atoms with Crippen LogP contribution >= 0.6 is 0 Å². The van der Waals surface area contributed by atoms with E-state index in [0.717, 1.165) is 22.9 Å². The number of alkyl halides is 3. The van der Waals surface area contributed by atoms with Crippen molar-refractivity contribution in [3.63, 3.8) is 0 Å². The van der Waals surface area contributed by atoms with E-state index >= 15 is 0 Å². The van der Waals surface area contributed by atoms with Crippen molar-refractivity contribution in [2.75, 3.05) is 28.4 Å². The van der Waals surface area contributed by atoms with Gasteiger partial charge in [-0.05, 0) is 29.3 Å². The summed E-state index contributed by atoms with van der Waals surface area (Å²) in [7, 11) is 10.3. The standard InChI is InChI=1S/2C12H13N2O2.C8H4F3N4.Ir/c2*1-13-6-7-14(9-13)11-5-4-10(15-2)8-12(11)16-3;9-8(10,11)7-13-6(14-15-7)5-3-1-2-4-12-5;/h2*4,6-8H,1-3H3;1-4H;/q3*-1;. The number of hydrogen-bond acceptors (Lipinski definition) is 7. The summed E-state index contributed by atoms with van der Waals surface area (Å²) < 4.78 is 64.5. The number of pyridine rings is 1. The third-order valence-corrected chi connectivity index (χ3v) is 6.12. The number of nitrogens with zero attached hydrogens (tertiary/aromatic N) is 8. The number of hydrogen-bond donors (Lipinski definition) is 0. The molecule has 16 heteroatoms. The fourth-order valence-corrected chi connectivity index (χ4v) is 3.84. The molecule has 255 valence electrons. The minimum Gasteiger partial charge on any atom is -0.560 e. The monoisotopic (exact) mass is 840 g/mol. The molecule has 0 aliphatic heterocycles. The van der Waals surface area contributed by atoms with Crippen LogP contribution in [0.25, 0.3) is 22.9 Å². The number of aromatic nitrogens is 8. The first-order valence-corrected chi connectivity index (χ1v) is 13.6. The van der Waals surface area contributed by atoms with Crippen LogP contribution in [0.3, 0.4) is 0 Å². The van der Waals surface area contributed by atoms with Crippen molar-refractivity contribution in [1.29, 1.82) is 0 Å². The molecule has 12 nitrogen and oxygen atoms in total. The molecule has 0 spiro atoms. The van der Waals surface area contributed by atoms with Gasteiger partial charge in [0.15, 0.2) is 0 Å². The Kier molecular flexibility index (Phi) is 13.3. The molecular weight excluding hydrogens is 810 g/mol. The minimum atomic E-state index is -4.57. The molecule has 4 aromatic heterocycles. The van der Waals surface area contributed by atoms with Crippen molar-refractivity contribution >= 4 is 0 Å². The SMILES string of the molecule is COc1c[c-]c(-n2[c-][n+](C)cc2)c(OC)c1.COc1c[c-]c(-n2[c-][n+](C)cc2)c(OC)c1.FC(F)(F)c1n[n-]c(-c2ccccn2)n1.[Ir]. The smallest absolute Gasteiger partial charge is 0.429 e. The van der Waals surface area contributed by atoms with Crippen LogP contribution in [0, 0.1) is 24.8 Å². The predicted octanol–water partition coefficient (Wildman–Crippen LogP) is 3.35. The van der Waals surface area contributed by atoms with E-state index in [4.69, 9.17) is 18.9 Å². The Labute approximate surface area is 288 Å². The summed E-state index contributed by atoms with van der Waals surface area (Å²) in [5, 5.41) is 6.25. The van der Waals surface area contributed by atoms with Crippen molar-refractivity contribution < 1.29 is 61.4 Å². The molecule has 0 amide bonds. The first-order chi connectivity index (χ1) is 22.6. The van der Waals surface area contributed by atoms with E-state index in [2.05, 4.69) is 45.0 Å². The Morgan fingerprint density at radius 3 is 1.67 bits per heavy atom. The topological polar surface area (TPSA) is 107 Å². The fourth-order valence-electron chi connectivity index (χ4n) is 3.84. The molecule has 0 aliphatic carbocycles. The quantitative estimate of drug-likeness (QED) is 0.178. The Hall–Kier alpha value is -5.21. The first kappa shape index (κ1) is 37.2. The van der Waals surface area contributed by atoms with Crippen LogP contribution in [-0.2, 0) is 40.4 Å². The predicted molar refractivity (Wildman–Crippen MR) is 159 cm³/mol. The Bertz CT molecular complexity index is 1790. The molecule has 4 heterocycles. The van der Waals surface area contributed by atoms with Crippen LogP contribution in [-0.4, -0.2) is 52.6 Å². The molecule has 0 saturated heterocycles. The second-order valence-corrected chi connectivity index (χ2v) is 9.34. The van der Waals surface area contributed by atoms with Crippen molar-refractivity contribution in [2.24, 2.45) is 14.1 Å². The number of methoxy groups -OCH3 is 4. The van der Waals surface area contributed by atoms with E-state index in [0.29, 0.717) is 11.5 Å². The molecule has 0 N–H and O–H groups in total. The van der Waals surface area contributed by atoms with Crippen molar-refractivity contribution in [3.8, 4) is 45.9 Å².